The summed E-state index contributed by atoms with van der Waals surface area (Å²) < 4.78 is 11.8. The van der Waals surface area contributed by atoms with E-state index < -0.39 is 0 Å². The number of carbonyl (C=O) groups is 1. The lowest BCUT2D eigenvalue weighted by Crippen LogP contribution is -2.01. The van der Waals surface area contributed by atoms with Crippen LogP contribution in [0.3, 0.4) is 0 Å². The van der Waals surface area contributed by atoms with Gasteiger partial charge in [-0.1, -0.05) is 22.0 Å². The van der Waals surface area contributed by atoms with Gasteiger partial charge in [0.15, 0.2) is 0 Å². The van der Waals surface area contributed by atoms with Crippen LogP contribution in [-0.2, 0) is 17.8 Å². The average molecular weight is 335 g/mol. The Bertz CT molecular complexity index is 579. The molecule has 0 amide bonds. The highest BCUT2D eigenvalue weighted by Gasteiger charge is 2.04. The summed E-state index contributed by atoms with van der Waals surface area (Å²) in [5.41, 5.74) is 1.99. The van der Waals surface area contributed by atoms with E-state index in [0.29, 0.717) is 13.0 Å². The van der Waals surface area contributed by atoms with Crippen LogP contribution >= 0.6 is 15.9 Å². The molecule has 4 heteroatoms. The largest absolute Gasteiger partial charge is 0.497 e. The van der Waals surface area contributed by atoms with Gasteiger partial charge in [-0.25, -0.2) is 0 Å². The molecule has 20 heavy (non-hydrogen) atoms. The van der Waals surface area contributed by atoms with E-state index in [1.165, 1.54) is 0 Å². The Morgan fingerprint density at radius 2 is 1.75 bits per heavy atom. The molecule has 0 fully saturated rings. The fourth-order valence-electron chi connectivity index (χ4n) is 1.85. The SMILES string of the molecule is COc1ccc(OCc2cc(Br)ccc2CC=O)cc1. The summed E-state index contributed by atoms with van der Waals surface area (Å²) in [7, 11) is 1.63. The van der Waals surface area contributed by atoms with Crippen LogP contribution in [0.5, 0.6) is 11.5 Å². The van der Waals surface area contributed by atoms with Gasteiger partial charge >= 0.3 is 0 Å². The Hall–Kier alpha value is -1.81. The van der Waals surface area contributed by atoms with Crippen LogP contribution in [0.15, 0.2) is 46.9 Å². The first-order valence-electron chi connectivity index (χ1n) is 6.20. The van der Waals surface area contributed by atoms with Crippen LogP contribution in [0, 0.1) is 0 Å². The third kappa shape index (κ3) is 3.84. The van der Waals surface area contributed by atoms with Crippen LogP contribution in [0.1, 0.15) is 11.1 Å². The number of ether oxygens (including phenoxy) is 2. The van der Waals surface area contributed by atoms with Crippen molar-refractivity contribution in [2.45, 2.75) is 13.0 Å². The molecule has 0 aliphatic carbocycles. The molecule has 104 valence electrons. The monoisotopic (exact) mass is 334 g/mol. The fourth-order valence-corrected chi connectivity index (χ4v) is 2.26. The van der Waals surface area contributed by atoms with Gasteiger partial charge in [-0.3, -0.25) is 0 Å². The molecule has 0 aliphatic heterocycles. The van der Waals surface area contributed by atoms with E-state index in [-0.39, 0.29) is 0 Å². The van der Waals surface area contributed by atoms with Gasteiger partial charge in [-0.05, 0) is 47.5 Å². The second-order valence-electron chi connectivity index (χ2n) is 4.25. The quantitative estimate of drug-likeness (QED) is 0.754. The minimum atomic E-state index is 0.397. The number of benzene rings is 2. The van der Waals surface area contributed by atoms with Gasteiger partial charge in [0.05, 0.1) is 7.11 Å². The first kappa shape index (κ1) is 14.6. The maximum Gasteiger partial charge on any atom is 0.124 e. The number of aldehydes is 1. The normalized spacial score (nSPS) is 10.1. The molecule has 0 N–H and O–H groups in total. The fraction of sp³-hybridized carbons (Fsp3) is 0.188. The number of methoxy groups -OCH3 is 1. The van der Waals surface area contributed by atoms with Crippen LogP contribution in [0.2, 0.25) is 0 Å². The third-order valence-corrected chi connectivity index (χ3v) is 3.42. The van der Waals surface area contributed by atoms with Crippen molar-refractivity contribution >= 4 is 22.2 Å². The molecule has 0 unspecified atom stereocenters. The molecule has 0 bridgehead atoms. The zero-order valence-electron chi connectivity index (χ0n) is 11.1. The molecule has 0 spiro atoms. The van der Waals surface area contributed by atoms with E-state index in [9.17, 15) is 4.79 Å². The van der Waals surface area contributed by atoms with Crippen molar-refractivity contribution in [2.24, 2.45) is 0 Å². The zero-order valence-corrected chi connectivity index (χ0v) is 12.7. The van der Waals surface area contributed by atoms with E-state index >= 15 is 0 Å². The standard InChI is InChI=1S/C16H15BrO3/c1-19-15-4-6-16(7-5-15)20-11-13-10-14(17)3-2-12(13)8-9-18/h2-7,9-10H,8,11H2,1H3. The van der Waals surface area contributed by atoms with E-state index in [4.69, 9.17) is 9.47 Å². The zero-order chi connectivity index (χ0) is 14.4. The molecule has 0 radical (unpaired) electrons. The molecule has 0 aromatic heterocycles. The van der Waals surface area contributed by atoms with Crippen LogP contribution < -0.4 is 9.47 Å². The molecule has 2 aromatic rings. The molecule has 0 heterocycles. The Morgan fingerprint density at radius 3 is 2.40 bits per heavy atom. The summed E-state index contributed by atoms with van der Waals surface area (Å²) in [4.78, 5) is 10.7. The van der Waals surface area contributed by atoms with Crippen molar-refractivity contribution in [3.8, 4) is 11.5 Å². The van der Waals surface area contributed by atoms with Crippen molar-refractivity contribution in [1.29, 1.82) is 0 Å². The average Bonchev–Trinajstić information content (AvgIpc) is 2.48. The van der Waals surface area contributed by atoms with E-state index in [0.717, 1.165) is 33.4 Å². The lowest BCUT2D eigenvalue weighted by atomic mass is 10.1. The second kappa shape index (κ2) is 7.10. The Labute approximate surface area is 126 Å². The maximum atomic E-state index is 10.7. The van der Waals surface area contributed by atoms with Gasteiger partial charge < -0.3 is 14.3 Å². The van der Waals surface area contributed by atoms with Crippen molar-refractivity contribution in [3.63, 3.8) is 0 Å². The molecule has 2 aromatic carbocycles. The number of halogens is 1. The molecule has 0 saturated heterocycles. The van der Waals surface area contributed by atoms with Crippen molar-refractivity contribution in [2.75, 3.05) is 7.11 Å². The lowest BCUT2D eigenvalue weighted by Gasteiger charge is -2.10. The first-order chi connectivity index (χ1) is 9.72. The molecule has 0 saturated carbocycles. The number of hydrogen-bond acceptors (Lipinski definition) is 3. The second-order valence-corrected chi connectivity index (χ2v) is 5.16. The van der Waals surface area contributed by atoms with Crippen molar-refractivity contribution in [1.82, 2.24) is 0 Å². The first-order valence-corrected chi connectivity index (χ1v) is 7.00. The summed E-state index contributed by atoms with van der Waals surface area (Å²) >= 11 is 3.43. The Kier molecular flexibility index (Phi) is 5.18. The number of hydrogen-bond donors (Lipinski definition) is 0. The minimum absolute atomic E-state index is 0.397. The van der Waals surface area contributed by atoms with E-state index in [1.54, 1.807) is 7.11 Å². The topological polar surface area (TPSA) is 35.5 Å². The van der Waals surface area contributed by atoms with Crippen molar-refractivity contribution in [3.05, 3.63) is 58.1 Å². The van der Waals surface area contributed by atoms with Gasteiger partial charge in [0.25, 0.3) is 0 Å². The highest BCUT2D eigenvalue weighted by atomic mass is 79.9. The lowest BCUT2D eigenvalue weighted by molar-refractivity contribution is -0.107. The maximum absolute atomic E-state index is 10.7. The molecular formula is C16H15BrO3. The molecule has 0 atom stereocenters. The Balaban J connectivity index is 2.08. The highest BCUT2D eigenvalue weighted by Crippen LogP contribution is 2.21. The predicted octanol–water partition coefficient (Wildman–Crippen LogP) is 3.78. The van der Waals surface area contributed by atoms with Gasteiger partial charge in [0, 0.05) is 10.9 Å². The van der Waals surface area contributed by atoms with Crippen LogP contribution in [0.4, 0.5) is 0 Å². The highest BCUT2D eigenvalue weighted by molar-refractivity contribution is 9.10. The summed E-state index contributed by atoms with van der Waals surface area (Å²) in [6.07, 6.45) is 1.30. The molecule has 3 nitrogen and oxygen atoms in total. The van der Waals surface area contributed by atoms with Gasteiger partial charge in [0.2, 0.25) is 0 Å². The summed E-state index contributed by atoms with van der Waals surface area (Å²) in [5.74, 6) is 1.56. The summed E-state index contributed by atoms with van der Waals surface area (Å²) in [6, 6.07) is 13.3. The summed E-state index contributed by atoms with van der Waals surface area (Å²) in [6.45, 7) is 0.426. The van der Waals surface area contributed by atoms with Crippen LogP contribution in [0.25, 0.3) is 0 Å². The van der Waals surface area contributed by atoms with E-state index in [1.807, 2.05) is 42.5 Å². The third-order valence-electron chi connectivity index (χ3n) is 2.93. The van der Waals surface area contributed by atoms with Gasteiger partial charge in [-0.2, -0.15) is 0 Å². The molecule has 2 rings (SSSR count). The predicted molar refractivity (Wildman–Crippen MR) is 81.2 cm³/mol. The minimum Gasteiger partial charge on any atom is -0.497 e. The van der Waals surface area contributed by atoms with Gasteiger partial charge in [0.1, 0.15) is 24.4 Å². The van der Waals surface area contributed by atoms with E-state index in [2.05, 4.69) is 15.9 Å². The Morgan fingerprint density at radius 1 is 1.05 bits per heavy atom. The van der Waals surface area contributed by atoms with Crippen molar-refractivity contribution < 1.29 is 14.3 Å². The molecular weight excluding hydrogens is 320 g/mol. The number of carbonyl (C=O) groups excluding carboxylic acids is 1. The number of rotatable bonds is 6. The molecule has 0 aliphatic rings. The van der Waals surface area contributed by atoms with Gasteiger partial charge in [-0.15, -0.1) is 0 Å². The summed E-state index contributed by atoms with van der Waals surface area (Å²) in [5, 5.41) is 0. The smallest absolute Gasteiger partial charge is 0.124 e. The van der Waals surface area contributed by atoms with Crippen LogP contribution in [-0.4, -0.2) is 13.4 Å².